The summed E-state index contributed by atoms with van der Waals surface area (Å²) in [5.41, 5.74) is 5.22. The highest BCUT2D eigenvalue weighted by Crippen LogP contribution is 2.25. The van der Waals surface area contributed by atoms with Gasteiger partial charge in [-0.05, 0) is 30.3 Å². The average Bonchev–Trinajstić information content (AvgIpc) is 3.00. The maximum Gasteiger partial charge on any atom is 0.237 e. The van der Waals surface area contributed by atoms with Crippen LogP contribution in [0, 0.1) is 22.7 Å². The number of rotatable bonds is 3. The molecule has 0 aliphatic carbocycles. The number of anilines is 1. The molecule has 0 unspecified atom stereocenters. The van der Waals surface area contributed by atoms with Gasteiger partial charge in [-0.25, -0.2) is 4.98 Å². The van der Waals surface area contributed by atoms with Crippen molar-refractivity contribution >= 4 is 22.5 Å². The zero-order chi connectivity index (χ0) is 15.4. The number of hydrazone groups is 1. The molecule has 0 atom stereocenters. The molecule has 22 heavy (non-hydrogen) atoms. The van der Waals surface area contributed by atoms with E-state index in [0.29, 0.717) is 22.7 Å². The van der Waals surface area contributed by atoms with Crippen LogP contribution in [0.4, 0.5) is 5.69 Å². The monoisotopic (exact) mass is 287 g/mol. The van der Waals surface area contributed by atoms with Crippen LogP contribution in [-0.4, -0.2) is 10.7 Å². The van der Waals surface area contributed by atoms with Crippen LogP contribution in [0.1, 0.15) is 0 Å². The summed E-state index contributed by atoms with van der Waals surface area (Å²) in [7, 11) is 0. The van der Waals surface area contributed by atoms with Crippen LogP contribution in [0.5, 0.6) is 0 Å². The molecule has 0 aliphatic heterocycles. The maximum absolute atomic E-state index is 8.63. The van der Waals surface area contributed by atoms with Crippen molar-refractivity contribution in [3.63, 3.8) is 0 Å². The second-order valence-corrected chi connectivity index (χ2v) is 4.36. The number of hydrogen-bond donors (Lipinski definition) is 1. The van der Waals surface area contributed by atoms with E-state index in [9.17, 15) is 0 Å². The van der Waals surface area contributed by atoms with Crippen LogP contribution in [0.15, 0.2) is 58.0 Å². The van der Waals surface area contributed by atoms with Gasteiger partial charge >= 0.3 is 0 Å². The summed E-state index contributed by atoms with van der Waals surface area (Å²) in [4.78, 5) is 4.43. The molecule has 0 fully saturated rings. The van der Waals surface area contributed by atoms with Crippen molar-refractivity contribution in [3.05, 3.63) is 48.5 Å². The third kappa shape index (κ3) is 2.62. The quantitative estimate of drug-likeness (QED) is 0.588. The zero-order valence-corrected chi connectivity index (χ0v) is 11.3. The number of nitriles is 2. The van der Waals surface area contributed by atoms with E-state index in [2.05, 4.69) is 15.5 Å². The van der Waals surface area contributed by atoms with Gasteiger partial charge in [-0.3, -0.25) is 5.43 Å². The average molecular weight is 287 g/mol. The summed E-state index contributed by atoms with van der Waals surface area (Å²) in [6.45, 7) is 0. The lowest BCUT2D eigenvalue weighted by Crippen LogP contribution is -1.95. The summed E-state index contributed by atoms with van der Waals surface area (Å²) < 4.78 is 5.70. The Balaban J connectivity index is 1.93. The van der Waals surface area contributed by atoms with Crippen molar-refractivity contribution < 1.29 is 4.42 Å². The first kappa shape index (κ1) is 13.3. The largest absolute Gasteiger partial charge is 0.436 e. The van der Waals surface area contributed by atoms with Gasteiger partial charge < -0.3 is 4.42 Å². The molecular weight excluding hydrogens is 278 g/mol. The van der Waals surface area contributed by atoms with Crippen LogP contribution in [-0.2, 0) is 0 Å². The van der Waals surface area contributed by atoms with Gasteiger partial charge in [0.1, 0.15) is 17.7 Å². The number of aromatic nitrogens is 1. The van der Waals surface area contributed by atoms with E-state index >= 15 is 0 Å². The van der Waals surface area contributed by atoms with E-state index in [1.165, 1.54) is 0 Å². The predicted molar refractivity (Wildman–Crippen MR) is 81.7 cm³/mol. The number of fused-ring (bicyclic) bond motifs is 1. The normalized spacial score (nSPS) is 9.73. The van der Waals surface area contributed by atoms with Gasteiger partial charge in [0.05, 0.1) is 5.69 Å². The highest BCUT2D eigenvalue weighted by Gasteiger charge is 2.08. The summed E-state index contributed by atoms with van der Waals surface area (Å²) >= 11 is 0. The molecular formula is C16H9N5O. The molecule has 104 valence electrons. The van der Waals surface area contributed by atoms with Gasteiger partial charge in [-0.1, -0.05) is 18.2 Å². The summed E-state index contributed by atoms with van der Waals surface area (Å²) in [5.74, 6) is 0.533. The standard InChI is InChI=1S/C16H9N5O/c17-9-13(10-18)21-20-12-6-7-15-14(8-12)19-16(22-15)11-4-2-1-3-5-11/h1-8,20H. The van der Waals surface area contributed by atoms with Gasteiger partial charge in [0.15, 0.2) is 5.58 Å². The van der Waals surface area contributed by atoms with E-state index in [0.717, 1.165) is 5.56 Å². The van der Waals surface area contributed by atoms with E-state index < -0.39 is 0 Å². The molecule has 3 aromatic rings. The number of nitrogens with one attached hydrogen (secondary N) is 1. The molecule has 3 rings (SSSR count). The van der Waals surface area contributed by atoms with Crippen LogP contribution in [0.2, 0.25) is 0 Å². The molecule has 0 aliphatic rings. The van der Waals surface area contributed by atoms with Crippen LogP contribution >= 0.6 is 0 Å². The van der Waals surface area contributed by atoms with Gasteiger partial charge in [0.2, 0.25) is 11.6 Å². The second kappa shape index (κ2) is 5.78. The summed E-state index contributed by atoms with van der Waals surface area (Å²) in [5, 5.41) is 21.0. The number of hydrogen-bond acceptors (Lipinski definition) is 6. The molecule has 0 spiro atoms. The minimum absolute atomic E-state index is 0.245. The molecule has 0 radical (unpaired) electrons. The molecule has 0 bridgehead atoms. The summed E-state index contributed by atoms with van der Waals surface area (Å²) in [6.07, 6.45) is 0. The summed E-state index contributed by atoms with van der Waals surface area (Å²) in [6, 6.07) is 18.2. The maximum atomic E-state index is 8.63. The highest BCUT2D eigenvalue weighted by atomic mass is 16.3. The van der Waals surface area contributed by atoms with Crippen LogP contribution in [0.3, 0.4) is 0 Å². The Morgan fingerprint density at radius 3 is 2.59 bits per heavy atom. The minimum Gasteiger partial charge on any atom is -0.436 e. The number of oxazole rings is 1. The molecule has 0 saturated heterocycles. The van der Waals surface area contributed by atoms with Crippen molar-refractivity contribution in [2.24, 2.45) is 5.10 Å². The first-order valence-electron chi connectivity index (χ1n) is 6.40. The molecule has 1 heterocycles. The fourth-order valence-corrected chi connectivity index (χ4v) is 1.90. The van der Waals surface area contributed by atoms with Crippen LogP contribution < -0.4 is 5.43 Å². The Labute approximate surface area is 125 Å². The molecule has 6 heteroatoms. The first-order valence-corrected chi connectivity index (χ1v) is 6.40. The topological polar surface area (TPSA) is 98.0 Å². The highest BCUT2D eigenvalue weighted by molar-refractivity contribution is 6.10. The Morgan fingerprint density at radius 2 is 1.86 bits per heavy atom. The zero-order valence-electron chi connectivity index (χ0n) is 11.3. The number of benzene rings is 2. The van der Waals surface area contributed by atoms with Crippen molar-refractivity contribution in [1.29, 1.82) is 10.5 Å². The Morgan fingerprint density at radius 1 is 1.09 bits per heavy atom. The van der Waals surface area contributed by atoms with Gasteiger partial charge in [0.25, 0.3) is 0 Å². The fraction of sp³-hybridized carbons (Fsp3) is 0. The molecule has 6 nitrogen and oxygen atoms in total. The SMILES string of the molecule is N#CC(C#N)=NNc1ccc2oc(-c3ccccc3)nc2c1. The van der Waals surface area contributed by atoms with Gasteiger partial charge in [-0.15, -0.1) is 0 Å². The van der Waals surface area contributed by atoms with E-state index in [4.69, 9.17) is 14.9 Å². The molecule has 1 N–H and O–H groups in total. The van der Waals surface area contributed by atoms with Gasteiger partial charge in [0, 0.05) is 5.56 Å². The van der Waals surface area contributed by atoms with Crippen molar-refractivity contribution in [1.82, 2.24) is 4.98 Å². The first-order chi connectivity index (χ1) is 10.8. The minimum atomic E-state index is -0.245. The lowest BCUT2D eigenvalue weighted by atomic mass is 10.2. The van der Waals surface area contributed by atoms with Crippen molar-refractivity contribution in [2.45, 2.75) is 0 Å². The smallest absolute Gasteiger partial charge is 0.237 e. The van der Waals surface area contributed by atoms with E-state index in [1.54, 1.807) is 30.3 Å². The molecule has 2 aromatic carbocycles. The lowest BCUT2D eigenvalue weighted by Gasteiger charge is -1.97. The molecule has 0 amide bonds. The third-order valence-corrected chi connectivity index (χ3v) is 2.92. The van der Waals surface area contributed by atoms with Crippen molar-refractivity contribution in [2.75, 3.05) is 5.43 Å². The predicted octanol–water partition coefficient (Wildman–Crippen LogP) is 3.31. The Kier molecular flexibility index (Phi) is 3.51. The van der Waals surface area contributed by atoms with E-state index in [-0.39, 0.29) is 5.71 Å². The van der Waals surface area contributed by atoms with Crippen molar-refractivity contribution in [3.8, 4) is 23.6 Å². The molecule has 0 saturated carbocycles. The lowest BCUT2D eigenvalue weighted by molar-refractivity contribution is 0.620. The second-order valence-electron chi connectivity index (χ2n) is 4.36. The fourth-order valence-electron chi connectivity index (χ4n) is 1.90. The Hall–Kier alpha value is -3.64. The van der Waals surface area contributed by atoms with E-state index in [1.807, 2.05) is 30.3 Å². The third-order valence-electron chi connectivity index (χ3n) is 2.92. The Bertz CT molecular complexity index is 913. The number of nitrogens with zero attached hydrogens (tertiary/aromatic N) is 4. The van der Waals surface area contributed by atoms with Crippen LogP contribution in [0.25, 0.3) is 22.6 Å². The molecule has 1 aromatic heterocycles. The van der Waals surface area contributed by atoms with Gasteiger partial charge in [-0.2, -0.15) is 15.6 Å².